The van der Waals surface area contributed by atoms with Gasteiger partial charge in [0.2, 0.25) is 10.0 Å². The van der Waals surface area contributed by atoms with Gasteiger partial charge >= 0.3 is 0 Å². The van der Waals surface area contributed by atoms with Crippen LogP contribution in [0, 0.1) is 12.8 Å². The third-order valence-electron chi connectivity index (χ3n) is 3.91. The Morgan fingerprint density at radius 3 is 2.86 bits per heavy atom. The smallest absolute Gasteiger partial charge is 0.246 e. The molecule has 0 aromatic heterocycles. The van der Waals surface area contributed by atoms with Gasteiger partial charge < -0.3 is 10.1 Å². The number of methoxy groups -OCH3 is 1. The number of piperidine rings is 1. The molecule has 1 unspecified atom stereocenters. The largest absolute Gasteiger partial charge is 0.495 e. The van der Waals surface area contributed by atoms with Crippen LogP contribution in [0.3, 0.4) is 0 Å². The fourth-order valence-electron chi connectivity index (χ4n) is 2.83. The first-order valence-electron chi connectivity index (χ1n) is 7.28. The third-order valence-corrected chi connectivity index (χ3v) is 5.80. The maximum Gasteiger partial charge on any atom is 0.246 e. The molecule has 0 saturated carbocycles. The highest BCUT2D eigenvalue weighted by atomic mass is 32.2. The van der Waals surface area contributed by atoms with Gasteiger partial charge in [-0.3, -0.25) is 0 Å². The van der Waals surface area contributed by atoms with E-state index in [1.54, 1.807) is 16.4 Å². The predicted molar refractivity (Wildman–Crippen MR) is 83.1 cm³/mol. The number of nitrogens with zero attached hydrogens (tertiary/aromatic N) is 1. The minimum absolute atomic E-state index is 0.273. The molecule has 118 valence electrons. The van der Waals surface area contributed by atoms with Crippen molar-refractivity contribution in [1.29, 1.82) is 0 Å². The number of hydrogen-bond donors (Lipinski definition) is 1. The lowest BCUT2D eigenvalue weighted by molar-refractivity contribution is 0.262. The Labute approximate surface area is 127 Å². The van der Waals surface area contributed by atoms with Crippen LogP contribution in [0.1, 0.15) is 18.4 Å². The lowest BCUT2D eigenvalue weighted by atomic mass is 10.00. The molecule has 6 heteroatoms. The second kappa shape index (κ2) is 6.77. The molecule has 0 spiro atoms. The van der Waals surface area contributed by atoms with Gasteiger partial charge in [0.15, 0.2) is 0 Å². The highest BCUT2D eigenvalue weighted by Crippen LogP contribution is 2.30. The molecule has 0 radical (unpaired) electrons. The fourth-order valence-corrected chi connectivity index (χ4v) is 4.62. The molecule has 21 heavy (non-hydrogen) atoms. The van der Waals surface area contributed by atoms with Crippen LogP contribution in [0.4, 0.5) is 0 Å². The first-order chi connectivity index (χ1) is 9.98. The number of benzene rings is 1. The summed E-state index contributed by atoms with van der Waals surface area (Å²) < 4.78 is 32.6. The van der Waals surface area contributed by atoms with Gasteiger partial charge in [-0.1, -0.05) is 6.07 Å². The molecule has 1 aliphatic rings. The van der Waals surface area contributed by atoms with Gasteiger partial charge in [-0.15, -0.1) is 0 Å². The van der Waals surface area contributed by atoms with Crippen molar-refractivity contribution in [2.45, 2.75) is 24.7 Å². The van der Waals surface area contributed by atoms with Crippen molar-refractivity contribution in [3.63, 3.8) is 0 Å². The molecule has 1 N–H and O–H groups in total. The van der Waals surface area contributed by atoms with Gasteiger partial charge in [-0.25, -0.2) is 8.42 Å². The summed E-state index contributed by atoms with van der Waals surface area (Å²) in [5.41, 5.74) is 0.915. The first kappa shape index (κ1) is 16.3. The SMILES string of the molecule is CNCC1CCCN(S(=O)(=O)c2cc(C)ccc2OC)C1. The van der Waals surface area contributed by atoms with Crippen LogP contribution in [-0.2, 0) is 10.0 Å². The van der Waals surface area contributed by atoms with Crippen molar-refractivity contribution < 1.29 is 13.2 Å². The molecule has 5 nitrogen and oxygen atoms in total. The van der Waals surface area contributed by atoms with E-state index in [1.165, 1.54) is 7.11 Å². The van der Waals surface area contributed by atoms with E-state index in [-0.39, 0.29) is 4.90 Å². The summed E-state index contributed by atoms with van der Waals surface area (Å²) in [4.78, 5) is 0.273. The zero-order chi connectivity index (χ0) is 15.5. The maximum absolute atomic E-state index is 12.9. The van der Waals surface area contributed by atoms with Crippen molar-refractivity contribution in [2.24, 2.45) is 5.92 Å². The minimum Gasteiger partial charge on any atom is -0.495 e. The number of nitrogens with one attached hydrogen (secondary N) is 1. The van der Waals surface area contributed by atoms with Crippen molar-refractivity contribution in [3.05, 3.63) is 23.8 Å². The lowest BCUT2D eigenvalue weighted by Gasteiger charge is -2.32. The van der Waals surface area contributed by atoms with E-state index >= 15 is 0 Å². The molecule has 0 bridgehead atoms. The van der Waals surface area contributed by atoms with E-state index in [2.05, 4.69) is 5.32 Å². The molecule has 1 aliphatic heterocycles. The molecule has 1 heterocycles. The van der Waals surface area contributed by atoms with Crippen molar-refractivity contribution in [2.75, 3.05) is 33.8 Å². The quantitative estimate of drug-likeness (QED) is 0.898. The number of ether oxygens (including phenoxy) is 1. The summed E-state index contributed by atoms with van der Waals surface area (Å²) in [6, 6.07) is 5.27. The Bertz CT molecular complexity index is 585. The van der Waals surface area contributed by atoms with Crippen LogP contribution >= 0.6 is 0 Å². The molecule has 0 aliphatic carbocycles. The zero-order valence-corrected chi connectivity index (χ0v) is 13.7. The van der Waals surface area contributed by atoms with E-state index < -0.39 is 10.0 Å². The lowest BCUT2D eigenvalue weighted by Crippen LogP contribution is -2.42. The molecule has 1 saturated heterocycles. The molecule has 1 aromatic rings. The molecule has 1 aromatic carbocycles. The fraction of sp³-hybridized carbons (Fsp3) is 0.600. The molecular weight excluding hydrogens is 288 g/mol. The van der Waals surface area contributed by atoms with E-state index in [0.29, 0.717) is 24.8 Å². The Morgan fingerprint density at radius 2 is 2.19 bits per heavy atom. The van der Waals surface area contributed by atoms with Crippen LogP contribution < -0.4 is 10.1 Å². The number of hydrogen-bond acceptors (Lipinski definition) is 4. The van der Waals surface area contributed by atoms with Gasteiger partial charge in [0, 0.05) is 13.1 Å². The molecule has 1 atom stereocenters. The summed E-state index contributed by atoms with van der Waals surface area (Å²) in [6.07, 6.45) is 1.97. The van der Waals surface area contributed by atoms with E-state index in [4.69, 9.17) is 4.74 Å². The van der Waals surface area contributed by atoms with Gasteiger partial charge in [-0.05, 0) is 57.0 Å². The van der Waals surface area contributed by atoms with Gasteiger partial charge in [0.1, 0.15) is 10.6 Å². The Balaban J connectivity index is 2.31. The van der Waals surface area contributed by atoms with E-state index in [1.807, 2.05) is 20.0 Å². The third kappa shape index (κ3) is 3.56. The Kier molecular flexibility index (Phi) is 5.24. The van der Waals surface area contributed by atoms with Crippen LogP contribution in [0.5, 0.6) is 5.75 Å². The first-order valence-corrected chi connectivity index (χ1v) is 8.72. The predicted octanol–water partition coefficient (Wildman–Crippen LogP) is 1.62. The maximum atomic E-state index is 12.9. The second-order valence-electron chi connectivity index (χ2n) is 5.58. The zero-order valence-electron chi connectivity index (χ0n) is 12.9. The summed E-state index contributed by atoms with van der Waals surface area (Å²) in [5, 5.41) is 3.13. The molecule has 2 rings (SSSR count). The van der Waals surface area contributed by atoms with Gasteiger partial charge in [-0.2, -0.15) is 4.31 Å². The second-order valence-corrected chi connectivity index (χ2v) is 7.49. The summed E-state index contributed by atoms with van der Waals surface area (Å²) in [6.45, 7) is 3.88. The van der Waals surface area contributed by atoms with Crippen LogP contribution in [-0.4, -0.2) is 46.5 Å². The Morgan fingerprint density at radius 1 is 1.43 bits per heavy atom. The Hall–Kier alpha value is -1.11. The number of aryl methyl sites for hydroxylation is 1. The average molecular weight is 312 g/mol. The number of sulfonamides is 1. The molecule has 1 fully saturated rings. The highest BCUT2D eigenvalue weighted by molar-refractivity contribution is 7.89. The molecular formula is C15H24N2O3S. The standard InChI is InChI=1S/C15H24N2O3S/c1-12-6-7-14(20-3)15(9-12)21(18,19)17-8-4-5-13(11-17)10-16-2/h6-7,9,13,16H,4-5,8,10-11H2,1-3H3. The van der Waals surface area contributed by atoms with Crippen molar-refractivity contribution in [3.8, 4) is 5.75 Å². The normalized spacial score (nSPS) is 20.4. The number of rotatable bonds is 5. The summed E-state index contributed by atoms with van der Waals surface area (Å²) in [7, 11) is -0.0945. The summed E-state index contributed by atoms with van der Waals surface area (Å²) in [5.74, 6) is 0.783. The van der Waals surface area contributed by atoms with Crippen LogP contribution in [0.15, 0.2) is 23.1 Å². The molecule has 0 amide bonds. The van der Waals surface area contributed by atoms with Crippen LogP contribution in [0.25, 0.3) is 0 Å². The average Bonchev–Trinajstić information content (AvgIpc) is 2.48. The van der Waals surface area contributed by atoms with Crippen molar-refractivity contribution >= 4 is 10.0 Å². The van der Waals surface area contributed by atoms with Crippen molar-refractivity contribution in [1.82, 2.24) is 9.62 Å². The summed E-state index contributed by atoms with van der Waals surface area (Å²) >= 11 is 0. The topological polar surface area (TPSA) is 58.6 Å². The van der Waals surface area contributed by atoms with Gasteiger partial charge in [0.25, 0.3) is 0 Å². The minimum atomic E-state index is -3.50. The van der Waals surface area contributed by atoms with E-state index in [0.717, 1.165) is 24.9 Å². The van der Waals surface area contributed by atoms with E-state index in [9.17, 15) is 8.42 Å². The van der Waals surface area contributed by atoms with Crippen LogP contribution in [0.2, 0.25) is 0 Å². The van der Waals surface area contributed by atoms with Gasteiger partial charge in [0.05, 0.1) is 7.11 Å². The highest BCUT2D eigenvalue weighted by Gasteiger charge is 2.32. The monoisotopic (exact) mass is 312 g/mol.